The molecule has 1 heterocycles. The topological polar surface area (TPSA) is 29.5 Å². The number of carbonyl (C=O) groups excluding carboxylic acids is 1. The minimum atomic E-state index is -0.296. The number of rotatable bonds is 4. The Morgan fingerprint density at radius 2 is 2.35 bits per heavy atom. The highest BCUT2D eigenvalue weighted by molar-refractivity contribution is 6.31. The second-order valence-corrected chi connectivity index (χ2v) is 5.43. The maximum Gasteiger partial charge on any atom is 0.310 e. The van der Waals surface area contributed by atoms with Gasteiger partial charge in [-0.15, -0.1) is 0 Å². The van der Waals surface area contributed by atoms with Crippen molar-refractivity contribution in [3.63, 3.8) is 0 Å². The van der Waals surface area contributed by atoms with Gasteiger partial charge in [-0.3, -0.25) is 9.69 Å². The summed E-state index contributed by atoms with van der Waals surface area (Å²) in [5.74, 6) is -0.568. The molecule has 0 aliphatic carbocycles. The molecule has 2 rings (SSSR count). The number of nitrogens with zero attached hydrogens (tertiary/aromatic N) is 1. The van der Waals surface area contributed by atoms with E-state index in [1.54, 1.807) is 19.1 Å². The number of benzene rings is 1. The molecule has 1 atom stereocenters. The quantitative estimate of drug-likeness (QED) is 0.799. The van der Waals surface area contributed by atoms with Crippen molar-refractivity contribution in [2.75, 3.05) is 19.7 Å². The fraction of sp³-hybridized carbons (Fsp3) is 0.533. The number of likely N-dealkylation sites (tertiary alicyclic amines) is 1. The lowest BCUT2D eigenvalue weighted by molar-refractivity contribution is -0.150. The summed E-state index contributed by atoms with van der Waals surface area (Å²) < 4.78 is 18.8. The fourth-order valence-electron chi connectivity index (χ4n) is 2.56. The molecule has 1 aromatic rings. The van der Waals surface area contributed by atoms with Crippen molar-refractivity contribution in [2.24, 2.45) is 5.92 Å². The molecule has 1 aliphatic rings. The molecule has 1 saturated heterocycles. The summed E-state index contributed by atoms with van der Waals surface area (Å²) in [7, 11) is 0. The highest BCUT2D eigenvalue weighted by Crippen LogP contribution is 2.24. The molecule has 1 aromatic carbocycles. The first-order chi connectivity index (χ1) is 9.61. The third-order valence-electron chi connectivity index (χ3n) is 3.57. The summed E-state index contributed by atoms with van der Waals surface area (Å²) in [5, 5.41) is 0.434. The third-order valence-corrected chi connectivity index (χ3v) is 3.92. The number of esters is 1. The van der Waals surface area contributed by atoms with E-state index in [1.807, 2.05) is 0 Å². The van der Waals surface area contributed by atoms with Gasteiger partial charge in [-0.05, 0) is 38.4 Å². The van der Waals surface area contributed by atoms with Crippen LogP contribution in [0.1, 0.15) is 25.3 Å². The Balaban J connectivity index is 2.01. The predicted molar refractivity (Wildman–Crippen MR) is 76.0 cm³/mol. The van der Waals surface area contributed by atoms with Gasteiger partial charge < -0.3 is 4.74 Å². The standard InChI is InChI=1S/C15H19ClFNO2/c1-2-20-15(19)11-5-4-8-18(9-11)10-12-13(16)6-3-7-14(12)17/h3,6-7,11H,2,4-5,8-10H2,1H3/t11-/m1/s1. The molecule has 0 aromatic heterocycles. The monoisotopic (exact) mass is 299 g/mol. The van der Waals surface area contributed by atoms with Gasteiger partial charge >= 0.3 is 5.97 Å². The van der Waals surface area contributed by atoms with Crippen LogP contribution in [-0.2, 0) is 16.1 Å². The normalized spacial score (nSPS) is 19.9. The van der Waals surface area contributed by atoms with Gasteiger partial charge in [0.15, 0.2) is 0 Å². The molecule has 0 unspecified atom stereocenters. The maximum absolute atomic E-state index is 13.8. The minimum Gasteiger partial charge on any atom is -0.466 e. The van der Waals surface area contributed by atoms with Crippen LogP contribution in [0.25, 0.3) is 0 Å². The number of piperidine rings is 1. The van der Waals surface area contributed by atoms with E-state index in [9.17, 15) is 9.18 Å². The lowest BCUT2D eigenvalue weighted by Gasteiger charge is -2.31. The smallest absolute Gasteiger partial charge is 0.310 e. The average Bonchev–Trinajstić information content (AvgIpc) is 2.44. The van der Waals surface area contributed by atoms with E-state index in [4.69, 9.17) is 16.3 Å². The Morgan fingerprint density at radius 1 is 1.55 bits per heavy atom. The molecule has 1 fully saturated rings. The molecule has 0 saturated carbocycles. The first-order valence-electron chi connectivity index (χ1n) is 6.93. The second-order valence-electron chi connectivity index (χ2n) is 5.03. The van der Waals surface area contributed by atoms with Crippen molar-refractivity contribution < 1.29 is 13.9 Å². The molecule has 1 aliphatic heterocycles. The van der Waals surface area contributed by atoms with E-state index in [2.05, 4.69) is 4.90 Å². The Hall–Kier alpha value is -1.13. The van der Waals surface area contributed by atoms with E-state index in [-0.39, 0.29) is 17.7 Å². The zero-order valence-corrected chi connectivity index (χ0v) is 12.3. The van der Waals surface area contributed by atoms with Crippen molar-refractivity contribution in [3.05, 3.63) is 34.6 Å². The van der Waals surface area contributed by atoms with Crippen LogP contribution in [0.5, 0.6) is 0 Å². The number of hydrogen-bond acceptors (Lipinski definition) is 3. The largest absolute Gasteiger partial charge is 0.466 e. The first-order valence-corrected chi connectivity index (χ1v) is 7.31. The van der Waals surface area contributed by atoms with Gasteiger partial charge in [0.25, 0.3) is 0 Å². The summed E-state index contributed by atoms with van der Waals surface area (Å²) >= 11 is 6.04. The molecule has 0 radical (unpaired) electrons. The van der Waals surface area contributed by atoms with E-state index < -0.39 is 0 Å². The van der Waals surface area contributed by atoms with Crippen molar-refractivity contribution in [2.45, 2.75) is 26.3 Å². The van der Waals surface area contributed by atoms with Gasteiger partial charge in [-0.25, -0.2) is 4.39 Å². The van der Waals surface area contributed by atoms with E-state index in [1.165, 1.54) is 6.07 Å². The van der Waals surface area contributed by atoms with Crippen molar-refractivity contribution in [1.29, 1.82) is 0 Å². The molecule has 110 valence electrons. The Bertz CT molecular complexity index is 461. The van der Waals surface area contributed by atoms with Gasteiger partial charge in [0, 0.05) is 23.7 Å². The molecular weight excluding hydrogens is 281 g/mol. The molecular formula is C15H19ClFNO2. The highest BCUT2D eigenvalue weighted by atomic mass is 35.5. The van der Waals surface area contributed by atoms with Crippen molar-refractivity contribution in [3.8, 4) is 0 Å². The van der Waals surface area contributed by atoms with Gasteiger partial charge in [-0.1, -0.05) is 17.7 Å². The number of ether oxygens (including phenoxy) is 1. The van der Waals surface area contributed by atoms with Crippen LogP contribution in [0.15, 0.2) is 18.2 Å². The van der Waals surface area contributed by atoms with E-state index in [0.29, 0.717) is 30.3 Å². The first kappa shape index (κ1) is 15.3. The molecule has 0 amide bonds. The molecule has 0 spiro atoms. The number of halogens is 2. The van der Waals surface area contributed by atoms with E-state index >= 15 is 0 Å². The summed E-state index contributed by atoms with van der Waals surface area (Å²) in [4.78, 5) is 13.8. The summed E-state index contributed by atoms with van der Waals surface area (Å²) in [6.07, 6.45) is 1.75. The third kappa shape index (κ3) is 3.70. The molecule has 0 N–H and O–H groups in total. The summed E-state index contributed by atoms with van der Waals surface area (Å²) in [6, 6.07) is 4.69. The van der Waals surface area contributed by atoms with Crippen LogP contribution < -0.4 is 0 Å². The van der Waals surface area contributed by atoms with Gasteiger partial charge in [0.05, 0.1) is 12.5 Å². The predicted octanol–water partition coefficient (Wildman–Crippen LogP) is 3.25. The SMILES string of the molecule is CCOC(=O)[C@@H]1CCCN(Cc2c(F)cccc2Cl)C1. The van der Waals surface area contributed by atoms with Gasteiger partial charge in [0.1, 0.15) is 5.82 Å². The zero-order chi connectivity index (χ0) is 14.5. The Morgan fingerprint density at radius 3 is 3.05 bits per heavy atom. The second kappa shape index (κ2) is 7.04. The molecule has 0 bridgehead atoms. The molecule has 20 heavy (non-hydrogen) atoms. The number of hydrogen-bond donors (Lipinski definition) is 0. The Kier molecular flexibility index (Phi) is 5.38. The van der Waals surface area contributed by atoms with Crippen LogP contribution in [0.4, 0.5) is 4.39 Å². The lowest BCUT2D eigenvalue weighted by atomic mass is 9.97. The van der Waals surface area contributed by atoms with E-state index in [0.717, 1.165) is 19.4 Å². The highest BCUT2D eigenvalue weighted by Gasteiger charge is 2.27. The molecule has 3 nitrogen and oxygen atoms in total. The fourth-order valence-corrected chi connectivity index (χ4v) is 2.78. The maximum atomic E-state index is 13.8. The van der Waals surface area contributed by atoms with Crippen molar-refractivity contribution in [1.82, 2.24) is 4.90 Å². The van der Waals surface area contributed by atoms with Crippen LogP contribution in [0.2, 0.25) is 5.02 Å². The number of carbonyl (C=O) groups is 1. The summed E-state index contributed by atoms with van der Waals surface area (Å²) in [6.45, 7) is 4.08. The van der Waals surface area contributed by atoms with Crippen LogP contribution in [-0.4, -0.2) is 30.6 Å². The molecule has 5 heteroatoms. The average molecular weight is 300 g/mol. The Labute approximate surface area is 123 Å². The van der Waals surface area contributed by atoms with Crippen LogP contribution in [0, 0.1) is 11.7 Å². The zero-order valence-electron chi connectivity index (χ0n) is 11.6. The van der Waals surface area contributed by atoms with Crippen LogP contribution >= 0.6 is 11.6 Å². The summed E-state index contributed by atoms with van der Waals surface area (Å²) in [5.41, 5.74) is 0.499. The van der Waals surface area contributed by atoms with Gasteiger partial charge in [-0.2, -0.15) is 0 Å². The lowest BCUT2D eigenvalue weighted by Crippen LogP contribution is -2.39. The van der Waals surface area contributed by atoms with Gasteiger partial charge in [0.2, 0.25) is 0 Å². The van der Waals surface area contributed by atoms with Crippen LogP contribution in [0.3, 0.4) is 0 Å². The minimum absolute atomic E-state index is 0.116. The van der Waals surface area contributed by atoms with Crippen molar-refractivity contribution >= 4 is 17.6 Å².